The van der Waals surface area contributed by atoms with Gasteiger partial charge in [0.25, 0.3) is 0 Å². The number of hydrogen-bond donors (Lipinski definition) is 0. The van der Waals surface area contributed by atoms with E-state index in [2.05, 4.69) is 273 Å². The summed E-state index contributed by atoms with van der Waals surface area (Å²) in [6, 6.07) is 0. The van der Waals surface area contributed by atoms with E-state index < -0.39 is 0 Å². The van der Waals surface area contributed by atoms with Crippen molar-refractivity contribution >= 4 is 332 Å². The van der Waals surface area contributed by atoms with Gasteiger partial charge >= 0.3 is 349 Å². The SMILES string of the molecule is [Cu+2].[Ga+3].[In+3].[S+2].[Se]=[SeH-].[Se]=[SeH-].[Se]=[SeH-].[Se]=[SeH-].[Se]=[SeH-].[Se]=[SeH-].[Se]=[SeH-].[Se]=[SeH-].[Se]=[SeH-].[Se]=[SeH-]. The van der Waals surface area contributed by atoms with Gasteiger partial charge in [-0.25, -0.2) is 0 Å². The first-order chi connectivity index (χ1) is 10.0. The van der Waals surface area contributed by atoms with Crippen molar-refractivity contribution in [3.05, 3.63) is 0 Å². The molecule has 0 fully saturated rings. The van der Waals surface area contributed by atoms with E-state index in [0.29, 0.717) is 0 Å². The van der Waals surface area contributed by atoms with Crippen molar-refractivity contribution in [1.82, 2.24) is 0 Å². The van der Waals surface area contributed by atoms with E-state index >= 15 is 0 Å². The summed E-state index contributed by atoms with van der Waals surface area (Å²) >= 11 is 47.5. The number of hydrogen-bond acceptors (Lipinski definition) is 0. The van der Waals surface area contributed by atoms with Crippen molar-refractivity contribution in [2.75, 3.05) is 0 Å². The van der Waals surface area contributed by atoms with Crippen molar-refractivity contribution in [2.45, 2.75) is 0 Å². The summed E-state index contributed by atoms with van der Waals surface area (Å²) in [4.78, 5) is 0. The molecule has 0 atom stereocenters. The minimum atomic E-state index is 0. The Kier molecular flexibility index (Phi) is 1000. The molecule has 0 aliphatic rings. The number of rotatable bonds is 0. The standard InChI is InChI=1S/Cu.Ga.In.S.10HSe2/c;;;;10*1-2/h;;;;10*1H/q+2;2*+3;+2;10*-1. The third kappa shape index (κ3) is 243. The molecule has 0 aliphatic heterocycles. The van der Waals surface area contributed by atoms with Crippen LogP contribution < -0.4 is 0 Å². The molecule has 0 amide bonds. The molecule has 0 unspecified atom stereocenters. The molecule has 5 radical (unpaired) electrons. The second kappa shape index (κ2) is 265. The fourth-order valence-electron chi connectivity index (χ4n) is 0. The first-order valence-corrected chi connectivity index (χ1v) is 49.3. The van der Waals surface area contributed by atoms with Crippen LogP contribution in [0.5, 0.6) is 0 Å². The van der Waals surface area contributed by atoms with Crippen LogP contribution in [0.3, 0.4) is 0 Å². The van der Waals surface area contributed by atoms with Gasteiger partial charge in [-0.05, 0) is 0 Å². The van der Waals surface area contributed by atoms with Crippen LogP contribution in [0.15, 0.2) is 0 Å². The van der Waals surface area contributed by atoms with E-state index in [0.717, 1.165) is 0 Å². The van der Waals surface area contributed by atoms with Crippen LogP contribution >= 0.6 is 0 Å². The Morgan fingerprint density at radius 3 is 0.292 bits per heavy atom. The van der Waals surface area contributed by atoms with E-state index in [1.165, 1.54) is 0 Å². The van der Waals surface area contributed by atoms with Gasteiger partial charge in [0, 0.05) is 0 Å². The average molecular weight is 1870 g/mol. The molecule has 0 nitrogen and oxygen atoms in total. The molecule has 24 heavy (non-hydrogen) atoms. The van der Waals surface area contributed by atoms with E-state index in [-0.39, 0.29) is 76.2 Å². The maximum atomic E-state index is 2.56. The molecule has 0 spiro atoms. The normalized spacial score (nSPS) is 2.08. The van der Waals surface area contributed by atoms with Crippen LogP contribution in [0.1, 0.15) is 0 Å². The maximum absolute atomic E-state index is 2.56. The fraction of sp³-hybridized carbons (Fsp3) is 0. The van der Waals surface area contributed by atoms with Crippen molar-refractivity contribution in [3.63, 3.8) is 0 Å². The fourth-order valence-corrected chi connectivity index (χ4v) is 0. The molecule has 0 heterocycles. The molecule has 0 rings (SSSR count). The van der Waals surface area contributed by atoms with Gasteiger partial charge in [-0.15, -0.1) is 0 Å². The van der Waals surface area contributed by atoms with Crippen LogP contribution in [0, 0.1) is 0 Å². The second-order valence-electron chi connectivity index (χ2n) is 0. The van der Waals surface area contributed by atoms with Gasteiger partial charge < -0.3 is 0 Å². The van der Waals surface area contributed by atoms with E-state index in [1.807, 2.05) is 0 Å². The van der Waals surface area contributed by atoms with Gasteiger partial charge in [0.15, 0.2) is 0 Å². The molecule has 0 N–H and O–H groups in total. The molecule has 0 saturated carbocycles. The molecular weight excluding hydrogens is 1860 g/mol. The summed E-state index contributed by atoms with van der Waals surface area (Å²) in [6.45, 7) is 0. The molecule has 153 valence electrons. The van der Waals surface area contributed by atoms with Gasteiger partial charge in [-0.3, -0.25) is 0 Å². The van der Waals surface area contributed by atoms with Crippen LogP contribution in [-0.4, -0.2) is 319 Å². The molecule has 24 heteroatoms. The Bertz CT molecular complexity index is 56.8. The zero-order valence-electron chi connectivity index (χ0n) is 10.4. The summed E-state index contributed by atoms with van der Waals surface area (Å²) < 4.78 is 0. The van der Waals surface area contributed by atoms with Crippen molar-refractivity contribution in [3.8, 4) is 0 Å². The first-order valence-electron chi connectivity index (χ1n) is 1.83. The second-order valence-corrected chi connectivity index (χ2v) is 0. The third-order valence-corrected chi connectivity index (χ3v) is 0. The molecule has 0 aromatic heterocycles. The van der Waals surface area contributed by atoms with E-state index in [1.54, 1.807) is 0 Å². The van der Waals surface area contributed by atoms with Crippen LogP contribution in [0.25, 0.3) is 0 Å². The molecule has 0 aromatic rings. The summed E-state index contributed by atoms with van der Waals surface area (Å²) in [6.07, 6.45) is 0. The Morgan fingerprint density at radius 2 is 0.292 bits per heavy atom. The van der Waals surface area contributed by atoms with Gasteiger partial charge in [0.2, 0.25) is 0 Å². The monoisotopic (exact) mass is 1890 g/mol. The van der Waals surface area contributed by atoms with Gasteiger partial charge in [-0.1, -0.05) is 0 Å². The van der Waals surface area contributed by atoms with Crippen LogP contribution in [-0.2, 0) is 30.6 Å². The molecule has 0 saturated heterocycles. The molecule has 0 aromatic carbocycles. The quantitative estimate of drug-likeness (QED) is 0.212. The van der Waals surface area contributed by atoms with Crippen molar-refractivity contribution < 1.29 is 17.1 Å². The van der Waals surface area contributed by atoms with Gasteiger partial charge in [0.05, 0.1) is 0 Å². The summed E-state index contributed by atoms with van der Waals surface area (Å²) in [5, 5.41) is 0. The summed E-state index contributed by atoms with van der Waals surface area (Å²) in [5.74, 6) is 0. The van der Waals surface area contributed by atoms with Gasteiger partial charge in [0.1, 0.15) is 0 Å². The summed E-state index contributed by atoms with van der Waals surface area (Å²) in [5.41, 5.74) is 0. The average Bonchev–Trinajstić information content (AvgIpc) is 2.71. The molecule has 0 aliphatic carbocycles. The van der Waals surface area contributed by atoms with E-state index in [4.69, 9.17) is 0 Å². The Hall–Kier alpha value is 12.8. The third-order valence-electron chi connectivity index (χ3n) is 0. The van der Waals surface area contributed by atoms with Gasteiger partial charge in [-0.2, -0.15) is 0 Å². The topological polar surface area (TPSA) is 0 Å². The van der Waals surface area contributed by atoms with Crippen LogP contribution in [0.4, 0.5) is 0 Å². The zero-order valence-corrected chi connectivity index (χ0v) is 53.8. The molecule has 0 bridgehead atoms. The first kappa shape index (κ1) is 90.7. The van der Waals surface area contributed by atoms with Crippen LogP contribution in [0.2, 0.25) is 0 Å². The van der Waals surface area contributed by atoms with Crippen molar-refractivity contribution in [1.29, 1.82) is 0 Å². The predicted octanol–water partition coefficient (Wildman–Crippen LogP) is -11.1. The summed E-state index contributed by atoms with van der Waals surface area (Å²) in [7, 11) is 0. The predicted molar refractivity (Wildman–Crippen MR) is 148 cm³/mol. The Labute approximate surface area is 339 Å². The minimum absolute atomic E-state index is 0. The molecular formula is H10CuGaInSSe20. The van der Waals surface area contributed by atoms with E-state index in [9.17, 15) is 0 Å². The van der Waals surface area contributed by atoms with Crippen molar-refractivity contribution in [2.24, 2.45) is 0 Å². The zero-order chi connectivity index (χ0) is 20.0. The Balaban J connectivity index is -0.00000000379. The Morgan fingerprint density at radius 1 is 0.292 bits per heavy atom.